The Hall–Kier alpha value is -1.35. The summed E-state index contributed by atoms with van der Waals surface area (Å²) in [5, 5.41) is 3.46. The summed E-state index contributed by atoms with van der Waals surface area (Å²) in [5.74, 6) is 0.729. The van der Waals surface area contributed by atoms with Crippen molar-refractivity contribution < 1.29 is 0 Å². The van der Waals surface area contributed by atoms with Gasteiger partial charge in [-0.15, -0.1) is 11.3 Å². The fourth-order valence-corrected chi connectivity index (χ4v) is 2.92. The van der Waals surface area contributed by atoms with Crippen molar-refractivity contribution in [2.24, 2.45) is 0 Å². The van der Waals surface area contributed by atoms with Crippen LogP contribution in [-0.4, -0.2) is 4.98 Å². The molecule has 3 rings (SSSR count). The maximum Gasteiger partial charge on any atom is 0.0963 e. The lowest BCUT2D eigenvalue weighted by atomic mass is 9.86. The van der Waals surface area contributed by atoms with Crippen molar-refractivity contribution >= 4 is 17.0 Å². The molecule has 1 saturated carbocycles. The third-order valence-corrected chi connectivity index (χ3v) is 4.19. The molecule has 0 atom stereocenters. The second-order valence-corrected chi connectivity index (χ2v) is 5.21. The molecule has 1 aromatic carbocycles. The average molecular weight is 230 g/mol. The number of hydrogen-bond donors (Lipinski definition) is 1. The van der Waals surface area contributed by atoms with E-state index in [1.807, 2.05) is 24.3 Å². The molecule has 1 heterocycles. The summed E-state index contributed by atoms with van der Waals surface area (Å²) >= 11 is 1.79. The van der Waals surface area contributed by atoms with Gasteiger partial charge < -0.3 is 5.73 Å². The van der Waals surface area contributed by atoms with Crippen molar-refractivity contribution in [1.82, 2.24) is 4.98 Å². The van der Waals surface area contributed by atoms with Gasteiger partial charge in [0.25, 0.3) is 0 Å². The van der Waals surface area contributed by atoms with E-state index in [4.69, 9.17) is 10.7 Å². The Balaban J connectivity index is 1.88. The minimum atomic E-state index is 0.729. The van der Waals surface area contributed by atoms with Gasteiger partial charge in [0.2, 0.25) is 0 Å². The summed E-state index contributed by atoms with van der Waals surface area (Å²) in [4.78, 5) is 4.71. The highest BCUT2D eigenvalue weighted by Crippen LogP contribution is 2.39. The van der Waals surface area contributed by atoms with Crippen LogP contribution in [0.25, 0.3) is 11.3 Å². The van der Waals surface area contributed by atoms with Crippen molar-refractivity contribution in [2.45, 2.75) is 25.2 Å². The van der Waals surface area contributed by atoms with Crippen molar-refractivity contribution in [3.8, 4) is 11.3 Å². The maximum atomic E-state index is 5.67. The molecule has 0 bridgehead atoms. The highest BCUT2D eigenvalue weighted by molar-refractivity contribution is 7.10. The minimum Gasteiger partial charge on any atom is -0.399 e. The number of anilines is 1. The molecule has 82 valence electrons. The van der Waals surface area contributed by atoms with Crippen LogP contribution in [0, 0.1) is 0 Å². The lowest BCUT2D eigenvalue weighted by Gasteiger charge is -2.22. The van der Waals surface area contributed by atoms with Crippen LogP contribution in [0.1, 0.15) is 30.2 Å². The van der Waals surface area contributed by atoms with Crippen LogP contribution in [-0.2, 0) is 0 Å². The first kappa shape index (κ1) is 9.85. The molecule has 0 saturated heterocycles. The first-order valence-electron chi connectivity index (χ1n) is 5.64. The monoisotopic (exact) mass is 230 g/mol. The number of rotatable bonds is 2. The molecule has 0 aliphatic heterocycles. The third kappa shape index (κ3) is 1.71. The molecular formula is C13H14N2S. The summed E-state index contributed by atoms with van der Waals surface area (Å²) in [6.07, 6.45) is 3.99. The van der Waals surface area contributed by atoms with E-state index in [1.165, 1.54) is 24.3 Å². The van der Waals surface area contributed by atoms with Gasteiger partial charge in [0.15, 0.2) is 0 Å². The molecule has 0 amide bonds. The lowest BCUT2D eigenvalue weighted by Crippen LogP contribution is -2.07. The molecule has 2 nitrogen and oxygen atoms in total. The summed E-state index contributed by atoms with van der Waals surface area (Å²) in [6.45, 7) is 0. The molecule has 1 aromatic heterocycles. The Labute approximate surface area is 99.1 Å². The molecule has 1 aliphatic rings. The Morgan fingerprint density at radius 1 is 1.19 bits per heavy atom. The predicted molar refractivity (Wildman–Crippen MR) is 68.6 cm³/mol. The third-order valence-electron chi connectivity index (χ3n) is 3.18. The fourth-order valence-electron chi connectivity index (χ4n) is 1.92. The van der Waals surface area contributed by atoms with Crippen LogP contribution in [0.5, 0.6) is 0 Å². The van der Waals surface area contributed by atoms with Gasteiger partial charge >= 0.3 is 0 Å². The summed E-state index contributed by atoms with van der Waals surface area (Å²) < 4.78 is 0. The van der Waals surface area contributed by atoms with E-state index in [1.54, 1.807) is 11.3 Å². The first-order valence-corrected chi connectivity index (χ1v) is 6.52. The van der Waals surface area contributed by atoms with Crippen molar-refractivity contribution in [3.05, 3.63) is 34.7 Å². The predicted octanol–water partition coefficient (Wildman–Crippen LogP) is 3.66. The number of thiazole rings is 1. The van der Waals surface area contributed by atoms with Gasteiger partial charge in [-0.2, -0.15) is 0 Å². The molecular weight excluding hydrogens is 216 g/mol. The number of nitrogen functional groups attached to an aromatic ring is 1. The van der Waals surface area contributed by atoms with E-state index in [9.17, 15) is 0 Å². The number of nitrogens with zero attached hydrogens (tertiary/aromatic N) is 1. The fraction of sp³-hybridized carbons (Fsp3) is 0.308. The highest BCUT2D eigenvalue weighted by atomic mass is 32.1. The highest BCUT2D eigenvalue weighted by Gasteiger charge is 2.22. The second kappa shape index (κ2) is 3.91. The minimum absolute atomic E-state index is 0.729. The van der Waals surface area contributed by atoms with Gasteiger partial charge in [0, 0.05) is 22.5 Å². The van der Waals surface area contributed by atoms with Gasteiger partial charge in [-0.1, -0.05) is 18.6 Å². The molecule has 0 unspecified atom stereocenters. The number of hydrogen-bond acceptors (Lipinski definition) is 3. The number of nitrogens with two attached hydrogens (primary N) is 1. The van der Waals surface area contributed by atoms with Crippen LogP contribution in [0.15, 0.2) is 29.6 Å². The Kier molecular flexibility index (Phi) is 2.40. The smallest absolute Gasteiger partial charge is 0.0963 e. The number of benzene rings is 1. The molecule has 3 heteroatoms. The van der Waals surface area contributed by atoms with Crippen LogP contribution in [0.3, 0.4) is 0 Å². The Bertz CT molecular complexity index is 483. The first-order chi connectivity index (χ1) is 7.83. The van der Waals surface area contributed by atoms with Crippen molar-refractivity contribution in [3.63, 3.8) is 0 Å². The van der Waals surface area contributed by atoms with Crippen molar-refractivity contribution in [2.75, 3.05) is 5.73 Å². The van der Waals surface area contributed by atoms with Gasteiger partial charge in [-0.05, 0) is 25.0 Å². The van der Waals surface area contributed by atoms with Crippen LogP contribution in [0.2, 0.25) is 0 Å². The van der Waals surface area contributed by atoms with Gasteiger partial charge in [0.1, 0.15) is 0 Å². The van der Waals surface area contributed by atoms with Gasteiger partial charge in [0.05, 0.1) is 10.7 Å². The average Bonchev–Trinajstić information content (AvgIpc) is 2.65. The second-order valence-electron chi connectivity index (χ2n) is 4.32. The zero-order valence-electron chi connectivity index (χ0n) is 9.02. The van der Waals surface area contributed by atoms with E-state index in [0.29, 0.717) is 0 Å². The quantitative estimate of drug-likeness (QED) is 0.800. The van der Waals surface area contributed by atoms with Crippen LogP contribution in [0.4, 0.5) is 5.69 Å². The molecule has 16 heavy (non-hydrogen) atoms. The molecule has 1 fully saturated rings. The molecule has 0 radical (unpaired) electrons. The lowest BCUT2D eigenvalue weighted by molar-refractivity contribution is 0.418. The topological polar surface area (TPSA) is 38.9 Å². The normalized spacial score (nSPS) is 16.0. The van der Waals surface area contributed by atoms with E-state index in [2.05, 4.69) is 5.38 Å². The Morgan fingerprint density at radius 3 is 2.56 bits per heavy atom. The molecule has 2 N–H and O–H groups in total. The van der Waals surface area contributed by atoms with E-state index < -0.39 is 0 Å². The zero-order valence-corrected chi connectivity index (χ0v) is 9.83. The van der Waals surface area contributed by atoms with Crippen molar-refractivity contribution in [1.29, 1.82) is 0 Å². The molecule has 1 aliphatic carbocycles. The van der Waals surface area contributed by atoms with Crippen LogP contribution < -0.4 is 5.73 Å². The maximum absolute atomic E-state index is 5.67. The van der Waals surface area contributed by atoms with Gasteiger partial charge in [-0.3, -0.25) is 0 Å². The molecule has 2 aromatic rings. The largest absolute Gasteiger partial charge is 0.399 e. The standard InChI is InChI=1S/C13H14N2S/c14-11-6-4-9(5-7-11)12-8-16-13(15-12)10-2-1-3-10/h4-8,10H,1-3,14H2. The van der Waals surface area contributed by atoms with E-state index >= 15 is 0 Å². The SMILES string of the molecule is Nc1ccc(-c2csc(C3CCC3)n2)cc1. The molecule has 0 spiro atoms. The summed E-state index contributed by atoms with van der Waals surface area (Å²) in [7, 11) is 0. The number of aromatic nitrogens is 1. The Morgan fingerprint density at radius 2 is 1.94 bits per heavy atom. The van der Waals surface area contributed by atoms with Gasteiger partial charge in [-0.25, -0.2) is 4.98 Å². The van der Waals surface area contributed by atoms with E-state index in [-0.39, 0.29) is 0 Å². The zero-order chi connectivity index (χ0) is 11.0. The van der Waals surface area contributed by atoms with Crippen LogP contribution >= 0.6 is 11.3 Å². The summed E-state index contributed by atoms with van der Waals surface area (Å²) in [5.41, 5.74) is 8.73. The van der Waals surface area contributed by atoms with E-state index in [0.717, 1.165) is 22.9 Å². The summed E-state index contributed by atoms with van der Waals surface area (Å²) in [6, 6.07) is 7.93.